The van der Waals surface area contributed by atoms with E-state index in [1.54, 1.807) is 6.07 Å². The summed E-state index contributed by atoms with van der Waals surface area (Å²) in [6, 6.07) is 1.75. The molecule has 1 atom stereocenters. The van der Waals surface area contributed by atoms with E-state index >= 15 is 0 Å². The zero-order chi connectivity index (χ0) is 11.0. The number of fused-ring (bicyclic) bond motifs is 1. The van der Waals surface area contributed by atoms with Gasteiger partial charge in [-0.25, -0.2) is 4.98 Å². The molecule has 0 spiro atoms. The Kier molecular flexibility index (Phi) is 3.15. The molecule has 1 unspecified atom stereocenters. The van der Waals surface area contributed by atoms with Gasteiger partial charge in [0, 0.05) is 6.07 Å². The molecule has 1 aromatic rings. The van der Waals surface area contributed by atoms with Crippen molar-refractivity contribution in [2.45, 2.75) is 13.0 Å². The summed E-state index contributed by atoms with van der Waals surface area (Å²) in [5.41, 5.74) is 0. The summed E-state index contributed by atoms with van der Waals surface area (Å²) >= 11 is 5.36. The number of halogens is 2. The molecule has 15 heavy (non-hydrogen) atoms. The molecular weight excluding hydrogens is 377 g/mol. The summed E-state index contributed by atoms with van der Waals surface area (Å²) < 4.78 is 12.3. The first-order valence-corrected chi connectivity index (χ1v) is 6.11. The number of hydrogen-bond donors (Lipinski definition) is 0. The van der Waals surface area contributed by atoms with Gasteiger partial charge in [0.2, 0.25) is 0 Å². The minimum Gasteiger partial charge on any atom is -0.483 e. The largest absolute Gasteiger partial charge is 0.483 e. The molecule has 0 radical (unpaired) electrons. The van der Waals surface area contributed by atoms with Gasteiger partial charge in [-0.05, 0) is 45.4 Å². The lowest BCUT2D eigenvalue weighted by Crippen LogP contribution is -2.35. The van der Waals surface area contributed by atoms with Crippen LogP contribution in [-0.2, 0) is 4.79 Å². The molecule has 4 nitrogen and oxygen atoms in total. The molecule has 1 aliphatic heterocycles. The van der Waals surface area contributed by atoms with Crippen LogP contribution in [0.2, 0.25) is 0 Å². The Hall–Kier alpha value is -0.370. The van der Waals surface area contributed by atoms with Crippen molar-refractivity contribution in [2.24, 2.45) is 0 Å². The summed E-state index contributed by atoms with van der Waals surface area (Å²) in [4.78, 5) is 15.3. The molecule has 0 fully saturated rings. The fourth-order valence-corrected chi connectivity index (χ4v) is 2.57. The molecule has 0 aromatic carbocycles. The van der Waals surface area contributed by atoms with E-state index in [9.17, 15) is 4.79 Å². The molecule has 1 aliphatic rings. The lowest BCUT2D eigenvalue weighted by atomic mass is 10.2. The van der Waals surface area contributed by atoms with Crippen LogP contribution in [0.5, 0.6) is 11.5 Å². The number of carbonyl (C=O) groups excluding carboxylic acids is 1. The van der Waals surface area contributed by atoms with E-state index in [4.69, 9.17) is 9.47 Å². The van der Waals surface area contributed by atoms with Gasteiger partial charge in [0.25, 0.3) is 0 Å². The molecule has 0 aliphatic carbocycles. The molecule has 80 valence electrons. The van der Waals surface area contributed by atoms with Crippen molar-refractivity contribution in [3.8, 4) is 11.5 Å². The van der Waals surface area contributed by atoms with Crippen LogP contribution in [0.15, 0.2) is 10.7 Å². The predicted molar refractivity (Wildman–Crippen MR) is 65.2 cm³/mol. The minimum absolute atomic E-state index is 0.0383. The van der Waals surface area contributed by atoms with Crippen molar-refractivity contribution in [2.75, 3.05) is 6.61 Å². The van der Waals surface area contributed by atoms with E-state index in [0.29, 0.717) is 16.1 Å². The predicted octanol–water partition coefficient (Wildman–Crippen LogP) is 2.18. The van der Waals surface area contributed by atoms with E-state index in [-0.39, 0.29) is 12.4 Å². The first-order valence-electron chi connectivity index (χ1n) is 4.24. The first kappa shape index (κ1) is 11.1. The Morgan fingerprint density at radius 1 is 1.73 bits per heavy atom. The average molecular weight is 384 g/mol. The molecule has 0 saturated heterocycles. The monoisotopic (exact) mass is 383 g/mol. The maximum Gasteiger partial charge on any atom is 0.194 e. The maximum atomic E-state index is 11.1. The van der Waals surface area contributed by atoms with Crippen molar-refractivity contribution in [3.63, 3.8) is 0 Å². The summed E-state index contributed by atoms with van der Waals surface area (Å²) in [5.74, 6) is 1.09. The van der Waals surface area contributed by atoms with E-state index in [1.807, 2.05) is 0 Å². The zero-order valence-corrected chi connectivity index (χ0v) is 11.5. The number of Topliss-reactive ketones (excluding diaryl/α,β-unsaturated/α-hetero) is 1. The lowest BCUT2D eigenvalue weighted by molar-refractivity contribution is -0.125. The number of ether oxygens (including phenoxy) is 2. The molecular formula is C9H7BrINO3. The van der Waals surface area contributed by atoms with Gasteiger partial charge in [0.05, 0.1) is 0 Å². The van der Waals surface area contributed by atoms with Gasteiger partial charge in [-0.15, -0.1) is 0 Å². The van der Waals surface area contributed by atoms with E-state index in [0.717, 1.165) is 3.70 Å². The standard InChI is InChI=1S/C9H7BrINO3/c1-4(13)6-3-14-8-5(15-6)2-7(11)12-9(8)10/h2,6H,3H2,1H3. The Bertz CT molecular complexity index is 424. The molecule has 2 rings (SSSR count). The van der Waals surface area contributed by atoms with Crippen LogP contribution in [-0.4, -0.2) is 23.5 Å². The number of aromatic nitrogens is 1. The highest BCUT2D eigenvalue weighted by molar-refractivity contribution is 14.1. The molecule has 0 bridgehead atoms. The normalized spacial score (nSPS) is 18.7. The van der Waals surface area contributed by atoms with E-state index in [1.165, 1.54) is 6.92 Å². The second-order valence-corrected chi connectivity index (χ2v) is 4.95. The number of nitrogens with zero attached hydrogens (tertiary/aromatic N) is 1. The summed E-state index contributed by atoms with van der Waals surface area (Å²) in [7, 11) is 0. The Labute approximate surface area is 109 Å². The van der Waals surface area contributed by atoms with Crippen molar-refractivity contribution in [3.05, 3.63) is 14.4 Å². The van der Waals surface area contributed by atoms with Crippen LogP contribution in [0.4, 0.5) is 0 Å². The number of ketones is 1. The highest BCUT2D eigenvalue weighted by Crippen LogP contribution is 2.38. The van der Waals surface area contributed by atoms with E-state index in [2.05, 4.69) is 43.5 Å². The van der Waals surface area contributed by atoms with Crippen LogP contribution in [0.1, 0.15) is 6.92 Å². The number of carbonyl (C=O) groups is 1. The van der Waals surface area contributed by atoms with Gasteiger partial charge >= 0.3 is 0 Å². The summed E-state index contributed by atoms with van der Waals surface area (Å²) in [6.07, 6.45) is -0.511. The van der Waals surface area contributed by atoms with Crippen LogP contribution in [0.3, 0.4) is 0 Å². The van der Waals surface area contributed by atoms with Gasteiger partial charge in [0.15, 0.2) is 28.0 Å². The Morgan fingerprint density at radius 3 is 3.13 bits per heavy atom. The summed E-state index contributed by atoms with van der Waals surface area (Å²) in [5, 5.41) is 0. The van der Waals surface area contributed by atoms with Gasteiger partial charge in [0.1, 0.15) is 10.3 Å². The summed E-state index contributed by atoms with van der Waals surface area (Å²) in [6.45, 7) is 1.73. The Morgan fingerprint density at radius 2 is 2.47 bits per heavy atom. The number of hydrogen-bond acceptors (Lipinski definition) is 4. The first-order chi connectivity index (χ1) is 7.08. The van der Waals surface area contributed by atoms with Gasteiger partial charge in [-0.2, -0.15) is 0 Å². The third kappa shape index (κ3) is 2.25. The molecule has 6 heteroatoms. The number of rotatable bonds is 1. The van der Waals surface area contributed by atoms with Crippen LogP contribution in [0.25, 0.3) is 0 Å². The van der Waals surface area contributed by atoms with Crippen LogP contribution < -0.4 is 9.47 Å². The smallest absolute Gasteiger partial charge is 0.194 e. The lowest BCUT2D eigenvalue weighted by Gasteiger charge is -2.25. The third-order valence-electron chi connectivity index (χ3n) is 1.97. The molecule has 2 heterocycles. The minimum atomic E-state index is -0.511. The van der Waals surface area contributed by atoms with Gasteiger partial charge in [-0.3, -0.25) is 4.79 Å². The molecule has 1 aromatic heterocycles. The van der Waals surface area contributed by atoms with Crippen molar-refractivity contribution < 1.29 is 14.3 Å². The van der Waals surface area contributed by atoms with Gasteiger partial charge < -0.3 is 9.47 Å². The molecule has 0 amide bonds. The highest BCUT2D eigenvalue weighted by atomic mass is 127. The van der Waals surface area contributed by atoms with Crippen LogP contribution >= 0.6 is 38.5 Å². The zero-order valence-electron chi connectivity index (χ0n) is 7.79. The second-order valence-electron chi connectivity index (χ2n) is 3.09. The third-order valence-corrected chi connectivity index (χ3v) is 3.06. The molecule has 0 N–H and O–H groups in total. The van der Waals surface area contributed by atoms with Crippen molar-refractivity contribution in [1.82, 2.24) is 4.98 Å². The quantitative estimate of drug-likeness (QED) is 0.551. The fourth-order valence-electron chi connectivity index (χ4n) is 1.22. The maximum absolute atomic E-state index is 11.1. The highest BCUT2D eigenvalue weighted by Gasteiger charge is 2.27. The SMILES string of the molecule is CC(=O)C1COc2c(cc(I)nc2Br)O1. The van der Waals surface area contributed by atoms with E-state index < -0.39 is 6.10 Å². The fraction of sp³-hybridized carbons (Fsp3) is 0.333. The van der Waals surface area contributed by atoms with Gasteiger partial charge in [-0.1, -0.05) is 0 Å². The average Bonchev–Trinajstić information content (AvgIpc) is 2.16. The van der Waals surface area contributed by atoms with Crippen molar-refractivity contribution in [1.29, 1.82) is 0 Å². The van der Waals surface area contributed by atoms with Crippen LogP contribution in [0, 0.1) is 3.70 Å². The topological polar surface area (TPSA) is 48.4 Å². The molecule has 0 saturated carbocycles. The Balaban J connectivity index is 2.37. The number of pyridine rings is 1. The second kappa shape index (κ2) is 4.25. The van der Waals surface area contributed by atoms with Crippen molar-refractivity contribution >= 4 is 44.3 Å².